The van der Waals surface area contributed by atoms with Crippen LogP contribution < -0.4 is 0 Å². The Kier molecular flexibility index (Phi) is 68.0. The van der Waals surface area contributed by atoms with Crippen molar-refractivity contribution in [1.29, 1.82) is 5.26 Å². The van der Waals surface area contributed by atoms with Gasteiger partial charge >= 0.3 is 6.18 Å². The SMILES string of the molecule is CC(C)C1CCC(C#N)CC1.CC(C)C1CCC(C(F)(F)F)CC1.CC(C)C1CCC(C)C(Cl)C1.CC(C)C1CCC(Cl)CC1.CC(C)C1CCC(O)CC1.CC1CCC(C(C)C)C(Cl)C1.CC1CCC(C(C)C)CC1.CC1CCCC(C(C)C)C1.CC1CCCC(C(C)C)C1.CC1CCCC(C(C)C)C1.CC1CCCC(C(C)C)C1.CC1CCCC(C(C)C)C1. The van der Waals surface area contributed by atoms with Gasteiger partial charge in [-0.25, -0.2) is 0 Å². The summed E-state index contributed by atoms with van der Waals surface area (Å²) in [4.78, 5) is 0. The van der Waals surface area contributed by atoms with Gasteiger partial charge in [0.2, 0.25) is 0 Å². The van der Waals surface area contributed by atoms with Gasteiger partial charge < -0.3 is 5.11 Å². The highest BCUT2D eigenvalue weighted by Gasteiger charge is 2.42. The fourth-order valence-corrected chi connectivity index (χ4v) is 25.2. The zero-order chi connectivity index (χ0) is 95.7. The van der Waals surface area contributed by atoms with Crippen molar-refractivity contribution < 1.29 is 18.3 Å². The van der Waals surface area contributed by atoms with Gasteiger partial charge in [0.05, 0.1) is 18.1 Å². The van der Waals surface area contributed by atoms with E-state index in [1.165, 1.54) is 244 Å². The number of nitrogens with zero attached hydrogens (tertiary/aromatic N) is 1. The van der Waals surface area contributed by atoms with Crippen LogP contribution in [-0.4, -0.2) is 33.5 Å². The molecule has 16 atom stereocenters. The number of hydrogen-bond donors (Lipinski definition) is 1. The van der Waals surface area contributed by atoms with Crippen LogP contribution in [0.15, 0.2) is 0 Å². The molecule has 0 aromatic rings. The first-order valence-electron chi connectivity index (χ1n) is 56.0. The quantitative estimate of drug-likeness (QED) is 0.198. The van der Waals surface area contributed by atoms with Gasteiger partial charge in [-0.2, -0.15) is 18.4 Å². The molecule has 12 fully saturated rings. The molecule has 0 spiro atoms. The van der Waals surface area contributed by atoms with Crippen LogP contribution in [-0.2, 0) is 0 Å². The maximum atomic E-state index is 12.3. The van der Waals surface area contributed by atoms with Gasteiger partial charge in [0.1, 0.15) is 0 Å². The molecule has 126 heavy (non-hydrogen) atoms. The topological polar surface area (TPSA) is 44.0 Å². The van der Waals surface area contributed by atoms with E-state index in [1.807, 2.05) is 0 Å². The molecule has 0 aromatic carbocycles. The fourth-order valence-electron chi connectivity index (χ4n) is 23.9. The Labute approximate surface area is 805 Å². The Bertz CT molecular complexity index is 2320. The molecular formula is C118H227Cl3F3NO. The van der Waals surface area contributed by atoms with Gasteiger partial charge in [-0.15, -0.1) is 34.8 Å². The summed E-state index contributed by atoms with van der Waals surface area (Å²) in [5.41, 5.74) is 0. The molecule has 12 aliphatic carbocycles. The van der Waals surface area contributed by atoms with Crippen LogP contribution in [0.25, 0.3) is 0 Å². The summed E-state index contributed by atoms with van der Waals surface area (Å²) >= 11 is 18.5. The maximum Gasteiger partial charge on any atom is 0.391 e. The van der Waals surface area contributed by atoms with Gasteiger partial charge in [-0.3, -0.25) is 0 Å². The van der Waals surface area contributed by atoms with Crippen molar-refractivity contribution in [1.82, 2.24) is 0 Å². The third kappa shape index (κ3) is 56.7. The van der Waals surface area contributed by atoms with Crippen LogP contribution in [0.1, 0.15) is 517 Å². The van der Waals surface area contributed by atoms with E-state index in [2.05, 4.69) is 228 Å². The van der Waals surface area contributed by atoms with Crippen molar-refractivity contribution in [3.8, 4) is 6.07 Å². The number of nitriles is 1. The molecule has 0 heterocycles. The van der Waals surface area contributed by atoms with Crippen molar-refractivity contribution >= 4 is 34.8 Å². The van der Waals surface area contributed by atoms with Crippen molar-refractivity contribution in [3.63, 3.8) is 0 Å². The Balaban J connectivity index is 0.000000688. The summed E-state index contributed by atoms with van der Waals surface area (Å²) in [6.07, 6.45) is 56.2. The average molecular weight is 1840 g/mol. The molecular weight excluding hydrogens is 1610 g/mol. The average Bonchev–Trinajstić information content (AvgIpc) is 0.694. The number of aliphatic hydroxyl groups is 1. The molecule has 0 radical (unpaired) electrons. The van der Waals surface area contributed by atoms with Crippen LogP contribution in [0, 0.1) is 213 Å². The Hall–Kier alpha value is 0.110. The minimum atomic E-state index is -3.96. The minimum Gasteiger partial charge on any atom is -0.393 e. The second-order valence-electron chi connectivity index (χ2n) is 50.2. The molecule has 12 aliphatic rings. The van der Waals surface area contributed by atoms with E-state index in [0.717, 1.165) is 216 Å². The molecule has 0 amide bonds. The molecule has 1 N–H and O–H groups in total. The van der Waals surface area contributed by atoms with E-state index in [-0.39, 0.29) is 6.10 Å². The normalized spacial score (nSPS) is 35.0. The summed E-state index contributed by atoms with van der Waals surface area (Å²) in [6.45, 7) is 74.5. The van der Waals surface area contributed by atoms with Crippen molar-refractivity contribution in [2.75, 3.05) is 0 Å². The molecule has 752 valence electrons. The van der Waals surface area contributed by atoms with Crippen molar-refractivity contribution in [2.24, 2.45) is 201 Å². The van der Waals surface area contributed by atoms with Gasteiger partial charge in [-0.1, -0.05) is 337 Å². The molecule has 0 aromatic heterocycles. The van der Waals surface area contributed by atoms with Gasteiger partial charge in [0, 0.05) is 22.0 Å². The fraction of sp³-hybridized carbons (Fsp3) is 0.992. The third-order valence-electron chi connectivity index (χ3n) is 35.0. The standard InChI is InChI=1S/2C10H19Cl.C10H17F3.C10H17N.6C10H20.C9H17Cl.C9H18O/c1-7(2)9-5-4-8(3)10(11)6-9;1-7(2)9-5-4-8(3)6-10(9)11;1-7(2)8-3-5-9(6-4-8)10(11,12)13;1-8(2)10-5-3-9(7-11)4-6-10;1-8(2)10-6-4-9(3)5-7-10;5*1-8(2)10-6-4-5-9(3)7-10;2*1-7(2)8-3-5-9(10)6-4-8/h2*7-10H,4-6H2,1-3H3;7-9H,3-6H2,1-2H3;8-10H,3-6H2,1-2H3;6*8-10H,4-7H2,1-3H3;7-9H,3-6H2,1-2H3;7-10H,3-6H2,1-2H3. The van der Waals surface area contributed by atoms with Crippen molar-refractivity contribution in [2.45, 2.75) is 545 Å². The first-order chi connectivity index (χ1) is 59.0. The third-order valence-corrected chi connectivity index (χ3v) is 36.6. The highest BCUT2D eigenvalue weighted by Crippen LogP contribution is 2.45. The first-order valence-corrected chi connectivity index (χ1v) is 57.3. The molecule has 16 unspecified atom stereocenters. The zero-order valence-electron chi connectivity index (χ0n) is 90.6. The zero-order valence-corrected chi connectivity index (χ0v) is 92.9. The summed E-state index contributed by atoms with van der Waals surface area (Å²) < 4.78 is 36.8. The molecule has 12 saturated carbocycles. The summed E-state index contributed by atoms with van der Waals surface area (Å²) in [7, 11) is 0. The van der Waals surface area contributed by atoms with E-state index in [1.54, 1.807) is 0 Å². The number of alkyl halides is 6. The van der Waals surface area contributed by atoms with E-state index in [9.17, 15) is 18.3 Å². The predicted molar refractivity (Wildman–Crippen MR) is 559 cm³/mol. The number of rotatable bonds is 12. The van der Waals surface area contributed by atoms with Crippen LogP contribution >= 0.6 is 34.8 Å². The first kappa shape index (κ1) is 124. The summed E-state index contributed by atoms with van der Waals surface area (Å²) in [6, 6.07) is 2.36. The lowest BCUT2D eigenvalue weighted by molar-refractivity contribution is -0.184. The Morgan fingerprint density at radius 3 is 0.722 bits per heavy atom. The number of aliphatic hydroxyl groups excluding tert-OH is 1. The van der Waals surface area contributed by atoms with Gasteiger partial charge in [-0.05, 0) is 369 Å². The van der Waals surface area contributed by atoms with Crippen LogP contribution in [0.3, 0.4) is 0 Å². The Morgan fingerprint density at radius 1 is 0.246 bits per heavy atom. The van der Waals surface area contributed by atoms with Crippen LogP contribution in [0.2, 0.25) is 0 Å². The van der Waals surface area contributed by atoms with Gasteiger partial charge in [0.15, 0.2) is 0 Å². The molecule has 0 aliphatic heterocycles. The second kappa shape index (κ2) is 69.0. The lowest BCUT2D eigenvalue weighted by Gasteiger charge is -2.33. The van der Waals surface area contributed by atoms with Gasteiger partial charge in [0.25, 0.3) is 0 Å². The lowest BCUT2D eigenvalue weighted by Crippen LogP contribution is -2.29. The largest absolute Gasteiger partial charge is 0.393 e. The molecule has 0 bridgehead atoms. The second-order valence-corrected chi connectivity index (χ2v) is 52.0. The highest BCUT2D eigenvalue weighted by atomic mass is 35.5. The Morgan fingerprint density at radius 2 is 0.484 bits per heavy atom. The number of halogens is 6. The van der Waals surface area contributed by atoms with Crippen molar-refractivity contribution in [3.05, 3.63) is 0 Å². The van der Waals surface area contributed by atoms with E-state index in [4.69, 9.17) is 40.1 Å². The molecule has 2 nitrogen and oxygen atoms in total. The molecule has 8 heteroatoms. The highest BCUT2D eigenvalue weighted by molar-refractivity contribution is 6.21. The number of hydrogen-bond acceptors (Lipinski definition) is 2. The smallest absolute Gasteiger partial charge is 0.391 e. The van der Waals surface area contributed by atoms with Crippen LogP contribution in [0.4, 0.5) is 13.2 Å². The maximum absolute atomic E-state index is 12.3. The lowest BCUT2D eigenvalue weighted by atomic mass is 9.77. The summed E-state index contributed by atoms with van der Waals surface area (Å²) in [5.74, 6) is 28.2. The minimum absolute atomic E-state index is 0.00926. The molecule has 12 rings (SSSR count). The predicted octanol–water partition coefficient (Wildman–Crippen LogP) is 40.8. The van der Waals surface area contributed by atoms with E-state index < -0.39 is 12.1 Å². The van der Waals surface area contributed by atoms with E-state index in [0.29, 0.717) is 46.7 Å². The van der Waals surface area contributed by atoms with Crippen LogP contribution in [0.5, 0.6) is 0 Å². The van der Waals surface area contributed by atoms with E-state index >= 15 is 0 Å². The summed E-state index contributed by atoms with van der Waals surface area (Å²) in [5, 5.41) is 19.2. The monoisotopic (exact) mass is 1840 g/mol. The molecule has 0 saturated heterocycles.